The average Bonchev–Trinajstić information content (AvgIpc) is 3.66. The molecule has 0 radical (unpaired) electrons. The molecule has 5 rings (SSSR count). The number of carbonyl (C=O) groups excluding carboxylic acids is 2. The summed E-state index contributed by atoms with van der Waals surface area (Å²) < 4.78 is 25.2. The van der Waals surface area contributed by atoms with Crippen LogP contribution < -0.4 is 9.64 Å². The number of carbonyl (C=O) groups is 2. The minimum absolute atomic E-state index is 0.0617. The van der Waals surface area contributed by atoms with Crippen LogP contribution in [-0.2, 0) is 10.5 Å². The number of hydrogen-bond donors (Lipinski definition) is 2. The van der Waals surface area contributed by atoms with Gasteiger partial charge in [0.2, 0.25) is 10.9 Å². The lowest BCUT2D eigenvalue weighted by Crippen LogP contribution is -2.31. The molecule has 1 amide bonds. The van der Waals surface area contributed by atoms with E-state index in [2.05, 4.69) is 10.2 Å². The van der Waals surface area contributed by atoms with Gasteiger partial charge in [0.15, 0.2) is 27.4 Å². The van der Waals surface area contributed by atoms with Crippen molar-refractivity contribution >= 4 is 39.9 Å². The molecule has 12 heteroatoms. The van der Waals surface area contributed by atoms with Gasteiger partial charge in [-0.3, -0.25) is 14.5 Å². The summed E-state index contributed by atoms with van der Waals surface area (Å²) >= 11 is 2.30. The molecule has 2 aromatic heterocycles. The molecule has 9 nitrogen and oxygen atoms in total. The van der Waals surface area contributed by atoms with Crippen molar-refractivity contribution in [3.8, 4) is 11.5 Å². The monoisotopic (exact) mass is 553 g/mol. The molecule has 1 atom stereocenters. The van der Waals surface area contributed by atoms with Crippen LogP contribution in [0.25, 0.3) is 0 Å². The van der Waals surface area contributed by atoms with E-state index in [4.69, 9.17) is 9.15 Å². The highest BCUT2D eigenvalue weighted by molar-refractivity contribution is 8.00. The predicted octanol–water partition coefficient (Wildman–Crippen LogP) is 5.45. The normalized spacial score (nSPS) is 15.4. The van der Waals surface area contributed by atoms with Gasteiger partial charge in [-0.25, -0.2) is 4.39 Å². The van der Waals surface area contributed by atoms with Crippen molar-refractivity contribution in [1.82, 2.24) is 10.2 Å². The Kier molecular flexibility index (Phi) is 7.16. The van der Waals surface area contributed by atoms with Crippen molar-refractivity contribution < 1.29 is 33.3 Å². The van der Waals surface area contributed by atoms with E-state index in [1.165, 1.54) is 59.3 Å². The summed E-state index contributed by atoms with van der Waals surface area (Å²) in [4.78, 5) is 27.8. The van der Waals surface area contributed by atoms with Gasteiger partial charge in [-0.15, -0.1) is 10.2 Å². The maximum absolute atomic E-state index is 14.0. The molecule has 4 aromatic rings. The number of phenols is 1. The molecule has 2 N–H and O–H groups in total. The summed E-state index contributed by atoms with van der Waals surface area (Å²) in [7, 11) is 0. The zero-order valence-electron chi connectivity index (χ0n) is 19.8. The molecule has 194 valence electrons. The first-order chi connectivity index (χ1) is 18.4. The number of nitrogens with zero attached hydrogens (tertiary/aromatic N) is 3. The Hall–Kier alpha value is -4.16. The second-order valence-corrected chi connectivity index (χ2v) is 10.2. The van der Waals surface area contributed by atoms with E-state index >= 15 is 0 Å². The van der Waals surface area contributed by atoms with Crippen molar-refractivity contribution in [3.05, 3.63) is 94.9 Å². The fourth-order valence-corrected chi connectivity index (χ4v) is 5.83. The molecule has 0 bridgehead atoms. The number of Topliss-reactive ketones (excluding diaryl/α,β-unsaturated/α-hetero) is 1. The van der Waals surface area contributed by atoms with E-state index in [-0.39, 0.29) is 40.4 Å². The number of benzene rings is 2. The SMILES string of the molecule is CCOc1cc(C2C(C(=O)c3ccco3)=C(O)C(=O)N2c2nnc(SCc3ccccc3F)s2)ccc1O. The number of aromatic nitrogens is 2. The first-order valence-electron chi connectivity index (χ1n) is 11.4. The van der Waals surface area contributed by atoms with Gasteiger partial charge in [0, 0.05) is 5.75 Å². The predicted molar refractivity (Wildman–Crippen MR) is 138 cm³/mol. The molecule has 3 heterocycles. The van der Waals surface area contributed by atoms with Gasteiger partial charge in [0.05, 0.1) is 24.5 Å². The lowest BCUT2D eigenvalue weighted by molar-refractivity contribution is -0.117. The van der Waals surface area contributed by atoms with Crippen molar-refractivity contribution in [2.45, 2.75) is 23.1 Å². The van der Waals surface area contributed by atoms with Crippen LogP contribution in [-0.4, -0.2) is 38.7 Å². The van der Waals surface area contributed by atoms with Crippen LogP contribution in [0.4, 0.5) is 9.52 Å². The van der Waals surface area contributed by atoms with E-state index in [9.17, 15) is 24.2 Å². The average molecular weight is 554 g/mol. The summed E-state index contributed by atoms with van der Waals surface area (Å²) in [5, 5.41) is 29.4. The molecule has 38 heavy (non-hydrogen) atoms. The third-order valence-electron chi connectivity index (χ3n) is 5.71. The Morgan fingerprint density at radius 3 is 2.74 bits per heavy atom. The van der Waals surface area contributed by atoms with Crippen LogP contribution in [0.3, 0.4) is 0 Å². The third kappa shape index (κ3) is 4.75. The van der Waals surface area contributed by atoms with Gasteiger partial charge in [-0.2, -0.15) is 0 Å². The number of hydrogen-bond acceptors (Lipinski definition) is 10. The van der Waals surface area contributed by atoms with Gasteiger partial charge in [0.1, 0.15) is 5.82 Å². The van der Waals surface area contributed by atoms with E-state index < -0.39 is 23.5 Å². The number of halogens is 1. The number of aliphatic hydroxyl groups excluding tert-OH is 1. The maximum atomic E-state index is 14.0. The Morgan fingerprint density at radius 1 is 1.18 bits per heavy atom. The molecule has 2 aromatic carbocycles. The van der Waals surface area contributed by atoms with Crippen LogP contribution in [0.5, 0.6) is 11.5 Å². The number of phenolic OH excluding ortho intramolecular Hbond substituents is 1. The van der Waals surface area contributed by atoms with Gasteiger partial charge in [0.25, 0.3) is 5.91 Å². The van der Waals surface area contributed by atoms with Gasteiger partial charge >= 0.3 is 0 Å². The number of anilines is 1. The smallest absolute Gasteiger partial charge is 0.296 e. The quantitative estimate of drug-likeness (QED) is 0.158. The Morgan fingerprint density at radius 2 is 2.00 bits per heavy atom. The topological polar surface area (TPSA) is 126 Å². The van der Waals surface area contributed by atoms with Crippen LogP contribution in [0.1, 0.15) is 34.6 Å². The molecular weight excluding hydrogens is 533 g/mol. The molecular formula is C26H20FN3O6S2. The Labute approximate surface area is 224 Å². The minimum atomic E-state index is -1.11. The van der Waals surface area contributed by atoms with Gasteiger partial charge < -0.3 is 19.4 Å². The van der Waals surface area contributed by atoms with E-state index in [0.29, 0.717) is 21.2 Å². The van der Waals surface area contributed by atoms with Crippen LogP contribution in [0, 0.1) is 5.82 Å². The van der Waals surface area contributed by atoms with Crippen LogP contribution in [0.15, 0.2) is 80.9 Å². The van der Waals surface area contributed by atoms with Crippen LogP contribution >= 0.6 is 23.1 Å². The summed E-state index contributed by atoms with van der Waals surface area (Å²) in [6.45, 7) is 2.01. The lowest BCUT2D eigenvalue weighted by Gasteiger charge is -2.24. The Balaban J connectivity index is 1.53. The number of aliphatic hydroxyl groups is 1. The van der Waals surface area contributed by atoms with Crippen LogP contribution in [0.2, 0.25) is 0 Å². The highest BCUT2D eigenvalue weighted by Crippen LogP contribution is 2.45. The number of thioether (sulfide) groups is 1. The molecule has 1 unspecified atom stereocenters. The second-order valence-electron chi connectivity index (χ2n) is 8.04. The third-order valence-corrected chi connectivity index (χ3v) is 7.81. The molecule has 0 saturated heterocycles. The van der Waals surface area contributed by atoms with Crippen molar-refractivity contribution in [3.63, 3.8) is 0 Å². The standard InChI is InChI=1S/C26H20FN3O6S2/c1-2-35-19-12-14(9-10-17(19)31)21-20(22(32)18-8-5-11-36-18)23(33)24(34)30(21)25-28-29-26(38-25)37-13-15-6-3-4-7-16(15)27/h3-12,21,31,33H,2,13H2,1H3. The van der Waals surface area contributed by atoms with Crippen molar-refractivity contribution in [2.75, 3.05) is 11.5 Å². The molecule has 1 aliphatic rings. The number of ketones is 1. The summed E-state index contributed by atoms with van der Waals surface area (Å²) in [6, 6.07) is 12.6. The lowest BCUT2D eigenvalue weighted by atomic mass is 9.95. The fraction of sp³-hybridized carbons (Fsp3) is 0.154. The number of aromatic hydroxyl groups is 1. The van der Waals surface area contributed by atoms with E-state index in [0.717, 1.165) is 11.3 Å². The summed E-state index contributed by atoms with van der Waals surface area (Å²) in [5.74, 6) is -2.37. The molecule has 0 fully saturated rings. The molecule has 1 aliphatic heterocycles. The number of furan rings is 1. The van der Waals surface area contributed by atoms with Gasteiger partial charge in [-0.1, -0.05) is 47.4 Å². The number of ether oxygens (including phenoxy) is 1. The molecule has 0 saturated carbocycles. The molecule has 0 spiro atoms. The fourth-order valence-electron chi connectivity index (χ4n) is 3.98. The zero-order valence-corrected chi connectivity index (χ0v) is 21.5. The second kappa shape index (κ2) is 10.7. The van der Waals surface area contributed by atoms with E-state index in [1.807, 2.05) is 0 Å². The summed E-state index contributed by atoms with van der Waals surface area (Å²) in [5.41, 5.74) is 0.658. The number of amides is 1. The first-order valence-corrected chi connectivity index (χ1v) is 13.2. The number of rotatable bonds is 9. The zero-order chi connectivity index (χ0) is 26.8. The molecule has 0 aliphatic carbocycles. The highest BCUT2D eigenvalue weighted by Gasteiger charge is 2.47. The van der Waals surface area contributed by atoms with Crippen molar-refractivity contribution in [2.24, 2.45) is 0 Å². The maximum Gasteiger partial charge on any atom is 0.296 e. The van der Waals surface area contributed by atoms with E-state index in [1.54, 1.807) is 25.1 Å². The summed E-state index contributed by atoms with van der Waals surface area (Å²) in [6.07, 6.45) is 1.31. The Bertz CT molecular complexity index is 1540. The minimum Gasteiger partial charge on any atom is -0.504 e. The largest absolute Gasteiger partial charge is 0.504 e. The highest BCUT2D eigenvalue weighted by atomic mass is 32.2. The first kappa shape index (κ1) is 25.5. The van der Waals surface area contributed by atoms with Crippen molar-refractivity contribution in [1.29, 1.82) is 0 Å². The van der Waals surface area contributed by atoms with Gasteiger partial charge in [-0.05, 0) is 48.4 Å².